The Balaban J connectivity index is 1.81. The van der Waals surface area contributed by atoms with Gasteiger partial charge in [-0.2, -0.15) is 0 Å². The van der Waals surface area contributed by atoms with E-state index in [4.69, 9.17) is 4.42 Å². The van der Waals surface area contributed by atoms with Crippen LogP contribution in [0.5, 0.6) is 0 Å². The maximum Gasteiger partial charge on any atom is 0.295 e. The molecule has 2 heterocycles. The predicted octanol–water partition coefficient (Wildman–Crippen LogP) is 5.44. The van der Waals surface area contributed by atoms with Crippen molar-refractivity contribution in [2.24, 2.45) is 0 Å². The fourth-order valence-corrected chi connectivity index (χ4v) is 4.01. The summed E-state index contributed by atoms with van der Waals surface area (Å²) in [6.45, 7) is 0. The summed E-state index contributed by atoms with van der Waals surface area (Å²) in [5.41, 5.74) is 1.65. The average molecular weight is 450 g/mol. The second kappa shape index (κ2) is 6.67. The third-order valence-corrected chi connectivity index (χ3v) is 5.60. The lowest BCUT2D eigenvalue weighted by atomic mass is 9.98. The van der Waals surface area contributed by atoms with Gasteiger partial charge in [-0.1, -0.05) is 40.2 Å². The summed E-state index contributed by atoms with van der Waals surface area (Å²) in [6.07, 6.45) is 0. The van der Waals surface area contributed by atoms with Crippen molar-refractivity contribution in [3.8, 4) is 0 Å². The Bertz CT molecular complexity index is 1310. The van der Waals surface area contributed by atoms with E-state index >= 15 is 0 Å². The molecule has 1 aliphatic heterocycles. The normalized spacial score (nSPS) is 15.7. The minimum Gasteiger partial charge on any atom is -0.450 e. The number of hydrogen-bond donors (Lipinski definition) is 0. The zero-order valence-corrected chi connectivity index (χ0v) is 16.5. The molecule has 0 saturated carbocycles. The Morgan fingerprint density at radius 2 is 1.59 bits per heavy atom. The van der Waals surface area contributed by atoms with E-state index in [-0.39, 0.29) is 11.2 Å². The first kappa shape index (κ1) is 17.8. The van der Waals surface area contributed by atoms with Crippen LogP contribution >= 0.6 is 15.9 Å². The molecule has 0 spiro atoms. The van der Waals surface area contributed by atoms with Crippen LogP contribution < -0.4 is 10.3 Å². The standard InChI is InChI=1S/C23H13BrFNO3/c24-14-7-5-13(6-8-14)20-19-21(27)17-3-1-2-4-18(17)29-22(19)23(28)26(20)16-11-9-15(25)10-12-16/h1-12,20H. The van der Waals surface area contributed by atoms with Gasteiger partial charge in [0.25, 0.3) is 5.91 Å². The first-order valence-corrected chi connectivity index (χ1v) is 9.74. The van der Waals surface area contributed by atoms with Crippen LogP contribution in [0.4, 0.5) is 10.1 Å². The number of anilines is 1. The number of nitrogens with zero attached hydrogens (tertiary/aromatic N) is 1. The number of carbonyl (C=O) groups excluding carboxylic acids is 1. The third-order valence-electron chi connectivity index (χ3n) is 5.07. The van der Waals surface area contributed by atoms with Gasteiger partial charge in [-0.05, 0) is 54.1 Å². The molecule has 1 aromatic heterocycles. The second-order valence-electron chi connectivity index (χ2n) is 6.78. The number of rotatable bonds is 2. The van der Waals surface area contributed by atoms with Gasteiger partial charge in [-0.15, -0.1) is 0 Å². The van der Waals surface area contributed by atoms with Gasteiger partial charge in [0, 0.05) is 10.2 Å². The van der Waals surface area contributed by atoms with Crippen molar-refractivity contribution in [2.75, 3.05) is 4.90 Å². The molecule has 1 aliphatic rings. The lowest BCUT2D eigenvalue weighted by Gasteiger charge is -2.25. The number of hydrogen-bond acceptors (Lipinski definition) is 3. The van der Waals surface area contributed by atoms with Crippen molar-refractivity contribution < 1.29 is 13.6 Å². The van der Waals surface area contributed by atoms with Gasteiger partial charge in [-0.3, -0.25) is 14.5 Å². The van der Waals surface area contributed by atoms with Crippen molar-refractivity contribution in [2.45, 2.75) is 6.04 Å². The van der Waals surface area contributed by atoms with Crippen LogP contribution in [-0.2, 0) is 0 Å². The van der Waals surface area contributed by atoms with E-state index in [1.807, 2.05) is 24.3 Å². The highest BCUT2D eigenvalue weighted by Crippen LogP contribution is 2.41. The summed E-state index contributed by atoms with van der Waals surface area (Å²) < 4.78 is 20.2. The number of para-hydroxylation sites is 1. The Morgan fingerprint density at radius 1 is 0.897 bits per heavy atom. The van der Waals surface area contributed by atoms with E-state index in [1.54, 1.807) is 24.3 Å². The molecule has 4 nitrogen and oxygen atoms in total. The van der Waals surface area contributed by atoms with Crippen LogP contribution in [0, 0.1) is 5.82 Å². The van der Waals surface area contributed by atoms with Crippen molar-refractivity contribution in [3.63, 3.8) is 0 Å². The minimum atomic E-state index is -0.670. The van der Waals surface area contributed by atoms with E-state index in [0.29, 0.717) is 22.2 Å². The summed E-state index contributed by atoms with van der Waals surface area (Å²) in [7, 11) is 0. The molecule has 1 amide bonds. The minimum absolute atomic E-state index is 0.0194. The highest BCUT2D eigenvalue weighted by atomic mass is 79.9. The predicted molar refractivity (Wildman–Crippen MR) is 112 cm³/mol. The molecule has 0 N–H and O–H groups in total. The maximum absolute atomic E-state index is 13.5. The number of carbonyl (C=O) groups is 1. The highest BCUT2D eigenvalue weighted by Gasteiger charge is 2.43. The van der Waals surface area contributed by atoms with E-state index < -0.39 is 17.8 Å². The average Bonchev–Trinajstić information content (AvgIpc) is 3.02. The van der Waals surface area contributed by atoms with E-state index in [2.05, 4.69) is 15.9 Å². The quantitative estimate of drug-likeness (QED) is 0.409. The molecule has 29 heavy (non-hydrogen) atoms. The van der Waals surface area contributed by atoms with Crippen LogP contribution in [-0.4, -0.2) is 5.91 Å². The van der Waals surface area contributed by atoms with Gasteiger partial charge in [0.05, 0.1) is 17.0 Å². The fourth-order valence-electron chi connectivity index (χ4n) is 3.75. The van der Waals surface area contributed by atoms with Gasteiger partial charge in [0.2, 0.25) is 5.76 Å². The third kappa shape index (κ3) is 2.79. The van der Waals surface area contributed by atoms with E-state index in [0.717, 1.165) is 10.0 Å². The number of fused-ring (bicyclic) bond motifs is 2. The Labute approximate surface area is 173 Å². The van der Waals surface area contributed by atoms with Crippen molar-refractivity contribution in [1.29, 1.82) is 0 Å². The molecule has 3 aromatic carbocycles. The Morgan fingerprint density at radius 3 is 2.31 bits per heavy atom. The summed E-state index contributed by atoms with van der Waals surface area (Å²) in [6, 6.07) is 19.2. The lowest BCUT2D eigenvalue weighted by molar-refractivity contribution is 0.0971. The summed E-state index contributed by atoms with van der Waals surface area (Å²) in [5, 5.41) is 0.419. The zero-order valence-electron chi connectivity index (χ0n) is 14.9. The topological polar surface area (TPSA) is 50.5 Å². The summed E-state index contributed by atoms with van der Waals surface area (Å²) in [4.78, 5) is 28.1. The number of amides is 1. The van der Waals surface area contributed by atoms with Crippen molar-refractivity contribution >= 4 is 38.5 Å². The molecule has 5 rings (SSSR count). The molecule has 0 radical (unpaired) electrons. The van der Waals surface area contributed by atoms with Crippen molar-refractivity contribution in [3.05, 3.63) is 110 Å². The Hall–Kier alpha value is -3.25. The smallest absolute Gasteiger partial charge is 0.295 e. The largest absolute Gasteiger partial charge is 0.450 e. The SMILES string of the molecule is O=C1c2oc3ccccc3c(=O)c2C(c2ccc(Br)cc2)N1c1ccc(F)cc1. The zero-order chi connectivity index (χ0) is 20.1. The molecule has 142 valence electrons. The molecule has 1 atom stereocenters. The summed E-state index contributed by atoms with van der Waals surface area (Å²) in [5.74, 6) is -0.814. The molecular formula is C23H13BrFNO3. The monoisotopic (exact) mass is 449 g/mol. The molecule has 0 saturated heterocycles. The maximum atomic E-state index is 13.5. The fraction of sp³-hybridized carbons (Fsp3) is 0.0435. The molecule has 1 unspecified atom stereocenters. The number of benzene rings is 3. The van der Waals surface area contributed by atoms with Gasteiger partial charge in [0.15, 0.2) is 5.43 Å². The van der Waals surface area contributed by atoms with Crippen LogP contribution in [0.25, 0.3) is 11.0 Å². The first-order chi connectivity index (χ1) is 14.0. The van der Waals surface area contributed by atoms with Crippen LogP contribution in [0.3, 0.4) is 0 Å². The van der Waals surface area contributed by atoms with Crippen molar-refractivity contribution in [1.82, 2.24) is 0 Å². The van der Waals surface area contributed by atoms with Crippen LogP contribution in [0.2, 0.25) is 0 Å². The highest BCUT2D eigenvalue weighted by molar-refractivity contribution is 9.10. The van der Waals surface area contributed by atoms with Gasteiger partial charge in [-0.25, -0.2) is 4.39 Å². The van der Waals surface area contributed by atoms with E-state index in [9.17, 15) is 14.0 Å². The molecule has 6 heteroatoms. The van der Waals surface area contributed by atoms with Gasteiger partial charge >= 0.3 is 0 Å². The molecule has 0 fully saturated rings. The lowest BCUT2D eigenvalue weighted by Crippen LogP contribution is -2.29. The number of halogens is 2. The first-order valence-electron chi connectivity index (χ1n) is 8.95. The van der Waals surface area contributed by atoms with E-state index in [1.165, 1.54) is 29.2 Å². The second-order valence-corrected chi connectivity index (χ2v) is 7.69. The molecule has 0 bridgehead atoms. The summed E-state index contributed by atoms with van der Waals surface area (Å²) >= 11 is 3.41. The van der Waals surface area contributed by atoms with Gasteiger partial charge < -0.3 is 4.42 Å². The Kier molecular flexibility index (Phi) is 4.10. The van der Waals surface area contributed by atoms with Crippen LogP contribution in [0.1, 0.15) is 27.7 Å². The van der Waals surface area contributed by atoms with Crippen LogP contribution in [0.15, 0.2) is 86.5 Å². The van der Waals surface area contributed by atoms with Gasteiger partial charge in [0.1, 0.15) is 11.4 Å². The molecular weight excluding hydrogens is 437 g/mol. The molecule has 0 aliphatic carbocycles. The molecule has 4 aromatic rings.